The van der Waals surface area contributed by atoms with Crippen molar-refractivity contribution in [2.24, 2.45) is 11.7 Å². The Morgan fingerprint density at radius 1 is 1.35 bits per heavy atom. The van der Waals surface area contributed by atoms with Crippen molar-refractivity contribution in [3.05, 3.63) is 30.3 Å². The Labute approximate surface area is 120 Å². The molecular formula is C16H21N3O. The smallest absolute Gasteiger partial charge is 0.230 e. The molecule has 1 aromatic carbocycles. The van der Waals surface area contributed by atoms with E-state index < -0.39 is 0 Å². The average molecular weight is 271 g/mol. The van der Waals surface area contributed by atoms with Crippen molar-refractivity contribution in [1.82, 2.24) is 0 Å². The molecule has 1 saturated carbocycles. The first-order valence-electron chi connectivity index (χ1n) is 7.21. The number of hydrogen-bond acceptors (Lipinski definition) is 3. The van der Waals surface area contributed by atoms with Crippen molar-refractivity contribution in [3.8, 4) is 6.07 Å². The van der Waals surface area contributed by atoms with E-state index in [2.05, 4.69) is 6.07 Å². The second-order valence-corrected chi connectivity index (χ2v) is 5.36. The van der Waals surface area contributed by atoms with Crippen molar-refractivity contribution in [2.45, 2.75) is 38.1 Å². The quantitative estimate of drug-likeness (QED) is 0.914. The van der Waals surface area contributed by atoms with E-state index in [-0.39, 0.29) is 17.9 Å². The molecule has 0 heterocycles. The van der Waals surface area contributed by atoms with Crippen LogP contribution in [0.3, 0.4) is 0 Å². The first-order chi connectivity index (χ1) is 9.72. The maximum Gasteiger partial charge on any atom is 0.230 e. The number of carbonyl (C=O) groups is 1. The van der Waals surface area contributed by atoms with Crippen molar-refractivity contribution in [1.29, 1.82) is 5.26 Å². The Kier molecular flexibility index (Phi) is 5.14. The van der Waals surface area contributed by atoms with Gasteiger partial charge in [-0.05, 0) is 31.4 Å². The highest BCUT2D eigenvalue weighted by Crippen LogP contribution is 2.27. The zero-order chi connectivity index (χ0) is 14.4. The van der Waals surface area contributed by atoms with Crippen LogP contribution in [0.2, 0.25) is 0 Å². The van der Waals surface area contributed by atoms with Gasteiger partial charge < -0.3 is 10.6 Å². The minimum absolute atomic E-state index is 0.00218. The molecule has 106 valence electrons. The van der Waals surface area contributed by atoms with Crippen LogP contribution in [0.25, 0.3) is 0 Å². The fraction of sp³-hybridized carbons (Fsp3) is 0.500. The van der Waals surface area contributed by atoms with Gasteiger partial charge in [0.2, 0.25) is 5.91 Å². The Morgan fingerprint density at radius 3 is 2.75 bits per heavy atom. The number of benzene rings is 1. The third kappa shape index (κ3) is 3.58. The molecule has 1 fully saturated rings. The highest BCUT2D eigenvalue weighted by molar-refractivity contribution is 5.95. The summed E-state index contributed by atoms with van der Waals surface area (Å²) in [4.78, 5) is 14.5. The number of rotatable bonds is 4. The first kappa shape index (κ1) is 14.5. The number of amides is 1. The van der Waals surface area contributed by atoms with E-state index in [0.29, 0.717) is 13.0 Å². The van der Waals surface area contributed by atoms with Gasteiger partial charge in [0.1, 0.15) is 0 Å². The lowest BCUT2D eigenvalue weighted by Crippen LogP contribution is -2.41. The predicted octanol–water partition coefficient (Wildman–Crippen LogP) is 2.45. The van der Waals surface area contributed by atoms with Crippen LogP contribution in [0, 0.1) is 17.2 Å². The minimum Gasteiger partial charge on any atom is -0.328 e. The summed E-state index contributed by atoms with van der Waals surface area (Å²) < 4.78 is 0. The van der Waals surface area contributed by atoms with E-state index in [1.165, 1.54) is 0 Å². The molecule has 20 heavy (non-hydrogen) atoms. The number of para-hydroxylation sites is 1. The largest absolute Gasteiger partial charge is 0.328 e. The molecule has 0 spiro atoms. The van der Waals surface area contributed by atoms with Gasteiger partial charge in [0, 0.05) is 24.2 Å². The molecule has 0 aromatic heterocycles. The summed E-state index contributed by atoms with van der Waals surface area (Å²) in [6, 6.07) is 11.8. The van der Waals surface area contributed by atoms with E-state index in [0.717, 1.165) is 31.4 Å². The van der Waals surface area contributed by atoms with E-state index in [1.807, 2.05) is 30.3 Å². The lowest BCUT2D eigenvalue weighted by Gasteiger charge is -2.31. The molecule has 4 nitrogen and oxygen atoms in total. The summed E-state index contributed by atoms with van der Waals surface area (Å²) in [5.41, 5.74) is 6.85. The van der Waals surface area contributed by atoms with E-state index >= 15 is 0 Å². The van der Waals surface area contributed by atoms with Crippen LogP contribution in [0.1, 0.15) is 32.1 Å². The van der Waals surface area contributed by atoms with Gasteiger partial charge in [-0.2, -0.15) is 5.26 Å². The summed E-state index contributed by atoms with van der Waals surface area (Å²) in [5.74, 6) is 0.110. The number of nitriles is 1. The van der Waals surface area contributed by atoms with Gasteiger partial charge >= 0.3 is 0 Å². The van der Waals surface area contributed by atoms with Gasteiger partial charge in [-0.1, -0.05) is 24.6 Å². The SMILES string of the molecule is N#CCCN(C(=O)C1CCCC(N)C1)c1ccccc1. The molecule has 0 aliphatic heterocycles. The molecule has 0 bridgehead atoms. The maximum atomic E-state index is 12.7. The summed E-state index contributed by atoms with van der Waals surface area (Å²) >= 11 is 0. The van der Waals surface area contributed by atoms with Gasteiger partial charge in [-0.15, -0.1) is 0 Å². The van der Waals surface area contributed by atoms with Crippen LogP contribution in [0.15, 0.2) is 30.3 Å². The highest BCUT2D eigenvalue weighted by atomic mass is 16.2. The van der Waals surface area contributed by atoms with Crippen LogP contribution in [0.5, 0.6) is 0 Å². The minimum atomic E-state index is -0.00218. The molecule has 1 aliphatic rings. The van der Waals surface area contributed by atoms with E-state index in [4.69, 9.17) is 11.0 Å². The van der Waals surface area contributed by atoms with Crippen LogP contribution in [-0.2, 0) is 4.79 Å². The summed E-state index contributed by atoms with van der Waals surface area (Å²) in [5, 5.41) is 8.79. The molecule has 0 saturated heterocycles. The lowest BCUT2D eigenvalue weighted by molar-refractivity contribution is -0.123. The van der Waals surface area contributed by atoms with Gasteiger partial charge in [0.15, 0.2) is 0 Å². The Morgan fingerprint density at radius 2 is 2.10 bits per heavy atom. The van der Waals surface area contributed by atoms with Gasteiger partial charge in [0.05, 0.1) is 12.5 Å². The molecule has 0 radical (unpaired) electrons. The van der Waals surface area contributed by atoms with Crippen molar-refractivity contribution < 1.29 is 4.79 Å². The second-order valence-electron chi connectivity index (χ2n) is 5.36. The summed E-state index contributed by atoms with van der Waals surface area (Å²) in [6.45, 7) is 0.449. The average Bonchev–Trinajstić information content (AvgIpc) is 2.48. The molecule has 1 aliphatic carbocycles. The van der Waals surface area contributed by atoms with Crippen LogP contribution in [0.4, 0.5) is 5.69 Å². The number of nitrogens with two attached hydrogens (primary N) is 1. The molecule has 2 atom stereocenters. The highest BCUT2D eigenvalue weighted by Gasteiger charge is 2.29. The van der Waals surface area contributed by atoms with Crippen molar-refractivity contribution in [2.75, 3.05) is 11.4 Å². The van der Waals surface area contributed by atoms with Gasteiger partial charge in [-0.25, -0.2) is 0 Å². The topological polar surface area (TPSA) is 70.1 Å². The third-order valence-electron chi connectivity index (χ3n) is 3.85. The summed E-state index contributed by atoms with van der Waals surface area (Å²) in [6.07, 6.45) is 4.03. The van der Waals surface area contributed by atoms with Crippen LogP contribution >= 0.6 is 0 Å². The van der Waals surface area contributed by atoms with Crippen LogP contribution < -0.4 is 10.6 Å². The standard InChI is InChI=1S/C16H21N3O/c17-10-5-11-19(15-8-2-1-3-9-15)16(20)13-6-4-7-14(18)12-13/h1-3,8-9,13-14H,4-7,11-12,18H2. The predicted molar refractivity (Wildman–Crippen MR) is 79.0 cm³/mol. The first-order valence-corrected chi connectivity index (χ1v) is 7.21. The second kappa shape index (κ2) is 7.06. The zero-order valence-corrected chi connectivity index (χ0v) is 11.7. The fourth-order valence-corrected chi connectivity index (χ4v) is 2.81. The zero-order valence-electron chi connectivity index (χ0n) is 11.7. The number of nitrogens with zero attached hydrogens (tertiary/aromatic N) is 2. The fourth-order valence-electron chi connectivity index (χ4n) is 2.81. The van der Waals surface area contributed by atoms with E-state index in [9.17, 15) is 4.79 Å². The molecule has 2 rings (SSSR count). The Balaban J connectivity index is 2.14. The number of carbonyl (C=O) groups excluding carboxylic acids is 1. The van der Waals surface area contributed by atoms with Crippen molar-refractivity contribution >= 4 is 11.6 Å². The molecule has 1 aromatic rings. The maximum absolute atomic E-state index is 12.7. The lowest BCUT2D eigenvalue weighted by atomic mass is 9.85. The molecule has 4 heteroatoms. The monoisotopic (exact) mass is 271 g/mol. The number of hydrogen-bond donors (Lipinski definition) is 1. The third-order valence-corrected chi connectivity index (χ3v) is 3.85. The Hall–Kier alpha value is -1.86. The molecule has 2 N–H and O–H groups in total. The van der Waals surface area contributed by atoms with E-state index in [1.54, 1.807) is 4.90 Å². The number of anilines is 1. The normalized spacial score (nSPS) is 22.0. The van der Waals surface area contributed by atoms with Gasteiger partial charge in [-0.3, -0.25) is 4.79 Å². The molecule has 1 amide bonds. The molecular weight excluding hydrogens is 250 g/mol. The van der Waals surface area contributed by atoms with Crippen molar-refractivity contribution in [3.63, 3.8) is 0 Å². The summed E-state index contributed by atoms with van der Waals surface area (Å²) in [7, 11) is 0. The van der Waals surface area contributed by atoms with Crippen LogP contribution in [-0.4, -0.2) is 18.5 Å². The van der Waals surface area contributed by atoms with Gasteiger partial charge in [0.25, 0.3) is 0 Å². The Bertz CT molecular complexity index is 480. The molecule has 2 unspecified atom stereocenters.